The zero-order valence-corrected chi connectivity index (χ0v) is 13.1. The van der Waals surface area contributed by atoms with Gasteiger partial charge in [-0.3, -0.25) is 9.58 Å². The molecule has 0 aliphatic heterocycles. The van der Waals surface area contributed by atoms with Crippen LogP contribution in [0.3, 0.4) is 0 Å². The molecule has 0 unspecified atom stereocenters. The number of amidine groups is 1. The Morgan fingerprint density at radius 1 is 1.52 bits per heavy atom. The molecule has 1 aliphatic carbocycles. The lowest BCUT2D eigenvalue weighted by Crippen LogP contribution is -2.30. The Kier molecular flexibility index (Phi) is 5.61. The Balaban J connectivity index is 1.94. The highest BCUT2D eigenvalue weighted by atomic mass is 16.4. The van der Waals surface area contributed by atoms with E-state index in [0.29, 0.717) is 24.3 Å². The average molecular weight is 293 g/mol. The van der Waals surface area contributed by atoms with Crippen molar-refractivity contribution in [2.75, 3.05) is 6.54 Å². The highest BCUT2D eigenvalue weighted by Gasteiger charge is 2.29. The van der Waals surface area contributed by atoms with E-state index in [9.17, 15) is 0 Å². The number of aromatic nitrogens is 2. The molecule has 0 atom stereocenters. The van der Waals surface area contributed by atoms with Gasteiger partial charge < -0.3 is 10.9 Å². The van der Waals surface area contributed by atoms with E-state index in [1.54, 1.807) is 0 Å². The molecule has 1 saturated carbocycles. The summed E-state index contributed by atoms with van der Waals surface area (Å²) < 4.78 is 2.09. The first-order valence-corrected chi connectivity index (χ1v) is 7.92. The largest absolute Gasteiger partial charge is 0.409 e. The molecule has 1 aromatic heterocycles. The van der Waals surface area contributed by atoms with Gasteiger partial charge in [0, 0.05) is 31.7 Å². The molecule has 0 aromatic carbocycles. The molecule has 2 rings (SSSR count). The summed E-state index contributed by atoms with van der Waals surface area (Å²) >= 11 is 0. The van der Waals surface area contributed by atoms with Crippen molar-refractivity contribution in [3.05, 3.63) is 18.0 Å². The Morgan fingerprint density at radius 3 is 2.81 bits per heavy atom. The monoisotopic (exact) mass is 293 g/mol. The number of rotatable bonds is 9. The normalized spacial score (nSPS) is 16.1. The van der Waals surface area contributed by atoms with Crippen molar-refractivity contribution in [2.45, 2.75) is 64.6 Å². The minimum absolute atomic E-state index is 0.295. The third-order valence-corrected chi connectivity index (χ3v) is 4.19. The van der Waals surface area contributed by atoms with Gasteiger partial charge in [0.05, 0.1) is 11.7 Å². The molecular formula is C15H27N5O. The second-order valence-corrected chi connectivity index (χ2v) is 5.80. The lowest BCUT2D eigenvalue weighted by molar-refractivity contribution is 0.255. The minimum atomic E-state index is 0.295. The highest BCUT2D eigenvalue weighted by Crippen LogP contribution is 2.28. The zero-order valence-electron chi connectivity index (χ0n) is 13.1. The molecule has 0 saturated heterocycles. The lowest BCUT2D eigenvalue weighted by atomic mass is 10.2. The van der Waals surface area contributed by atoms with Crippen LogP contribution in [0.2, 0.25) is 0 Å². The van der Waals surface area contributed by atoms with Crippen molar-refractivity contribution in [3.63, 3.8) is 0 Å². The Bertz CT molecular complexity index is 462. The van der Waals surface area contributed by atoms with E-state index < -0.39 is 0 Å². The van der Waals surface area contributed by atoms with Crippen LogP contribution in [0.1, 0.15) is 57.7 Å². The van der Waals surface area contributed by atoms with Crippen LogP contribution in [0.25, 0.3) is 0 Å². The van der Waals surface area contributed by atoms with E-state index in [4.69, 9.17) is 16.0 Å². The highest BCUT2D eigenvalue weighted by molar-refractivity contribution is 5.79. The summed E-state index contributed by atoms with van der Waals surface area (Å²) in [6.45, 7) is 6.06. The summed E-state index contributed by atoms with van der Waals surface area (Å²) in [7, 11) is 0. The fourth-order valence-electron chi connectivity index (χ4n) is 2.67. The third kappa shape index (κ3) is 4.46. The second kappa shape index (κ2) is 7.45. The molecule has 6 nitrogen and oxygen atoms in total. The summed E-state index contributed by atoms with van der Waals surface area (Å²) in [5, 5.41) is 16.4. The predicted octanol–water partition coefficient (Wildman–Crippen LogP) is 2.35. The van der Waals surface area contributed by atoms with Crippen molar-refractivity contribution in [1.82, 2.24) is 14.7 Å². The van der Waals surface area contributed by atoms with Crippen LogP contribution in [0, 0.1) is 0 Å². The molecule has 0 radical (unpaired) electrons. The molecule has 6 heteroatoms. The van der Waals surface area contributed by atoms with Crippen molar-refractivity contribution < 1.29 is 5.21 Å². The van der Waals surface area contributed by atoms with Gasteiger partial charge in [0.15, 0.2) is 0 Å². The first kappa shape index (κ1) is 15.8. The molecule has 21 heavy (non-hydrogen) atoms. The molecule has 1 aromatic rings. The second-order valence-electron chi connectivity index (χ2n) is 5.80. The van der Waals surface area contributed by atoms with Crippen LogP contribution in [0.4, 0.5) is 0 Å². The summed E-state index contributed by atoms with van der Waals surface area (Å²) in [6, 6.07) is 3.23. The van der Waals surface area contributed by atoms with Crippen LogP contribution in [0.15, 0.2) is 17.4 Å². The fraction of sp³-hybridized carbons (Fsp3) is 0.733. The zero-order chi connectivity index (χ0) is 15.2. The van der Waals surface area contributed by atoms with E-state index in [1.807, 2.05) is 0 Å². The third-order valence-electron chi connectivity index (χ3n) is 4.19. The van der Waals surface area contributed by atoms with E-state index in [-0.39, 0.29) is 0 Å². The predicted molar refractivity (Wildman–Crippen MR) is 83.3 cm³/mol. The number of hydrogen-bond acceptors (Lipinski definition) is 4. The van der Waals surface area contributed by atoms with E-state index in [0.717, 1.165) is 31.6 Å². The van der Waals surface area contributed by atoms with Crippen LogP contribution in [-0.2, 0) is 6.54 Å². The molecule has 1 fully saturated rings. The maximum Gasteiger partial charge on any atom is 0.140 e. The van der Waals surface area contributed by atoms with Gasteiger partial charge in [-0.05, 0) is 31.7 Å². The van der Waals surface area contributed by atoms with Gasteiger partial charge in [-0.1, -0.05) is 19.0 Å². The van der Waals surface area contributed by atoms with Crippen LogP contribution in [0.5, 0.6) is 0 Å². The maximum absolute atomic E-state index is 8.64. The maximum atomic E-state index is 8.64. The lowest BCUT2D eigenvalue weighted by Gasteiger charge is -2.20. The first-order valence-electron chi connectivity index (χ1n) is 7.92. The van der Waals surface area contributed by atoms with Crippen molar-refractivity contribution in [2.24, 2.45) is 10.9 Å². The van der Waals surface area contributed by atoms with Gasteiger partial charge in [-0.2, -0.15) is 5.10 Å². The Morgan fingerprint density at radius 2 is 2.24 bits per heavy atom. The van der Waals surface area contributed by atoms with Crippen molar-refractivity contribution >= 4 is 5.84 Å². The van der Waals surface area contributed by atoms with Crippen LogP contribution in [-0.4, -0.2) is 38.3 Å². The Hall–Kier alpha value is -1.56. The van der Waals surface area contributed by atoms with Gasteiger partial charge in [-0.25, -0.2) is 0 Å². The quantitative estimate of drug-likeness (QED) is 0.317. The molecule has 0 spiro atoms. The Labute approximate surface area is 126 Å². The van der Waals surface area contributed by atoms with Crippen LogP contribution >= 0.6 is 0 Å². The summed E-state index contributed by atoms with van der Waals surface area (Å²) in [5.41, 5.74) is 6.67. The molecular weight excluding hydrogens is 266 g/mol. The standard InChI is InChI=1S/C15H27N5O/c1-3-13(4-2)20-10-7-12(17-20)11-19(14-5-6-14)9-8-15(16)18-21/h7,10,13-14,21H,3-6,8-9,11H2,1-2H3,(H2,16,18). The molecule has 1 heterocycles. The fourth-order valence-corrected chi connectivity index (χ4v) is 2.67. The number of nitrogens with two attached hydrogens (primary N) is 1. The number of oxime groups is 1. The molecule has 1 aliphatic rings. The van der Waals surface area contributed by atoms with Gasteiger partial charge in [0.1, 0.15) is 5.84 Å². The SMILES string of the molecule is CCC(CC)n1ccc(CN(CCC(N)=NO)C2CC2)n1. The number of nitrogens with zero attached hydrogens (tertiary/aromatic N) is 4. The van der Waals surface area contributed by atoms with E-state index in [1.165, 1.54) is 12.8 Å². The topological polar surface area (TPSA) is 79.7 Å². The first-order chi connectivity index (χ1) is 10.2. The van der Waals surface area contributed by atoms with E-state index >= 15 is 0 Å². The molecule has 3 N–H and O–H groups in total. The molecule has 118 valence electrons. The van der Waals surface area contributed by atoms with Crippen molar-refractivity contribution in [3.8, 4) is 0 Å². The smallest absolute Gasteiger partial charge is 0.140 e. The molecule has 0 amide bonds. The van der Waals surface area contributed by atoms with E-state index in [2.05, 4.69) is 40.8 Å². The number of hydrogen-bond donors (Lipinski definition) is 2. The van der Waals surface area contributed by atoms with Gasteiger partial charge >= 0.3 is 0 Å². The summed E-state index contributed by atoms with van der Waals surface area (Å²) in [6.07, 6.45) is 7.37. The van der Waals surface area contributed by atoms with Gasteiger partial charge in [0.25, 0.3) is 0 Å². The van der Waals surface area contributed by atoms with Gasteiger partial charge in [0.2, 0.25) is 0 Å². The average Bonchev–Trinajstić information content (AvgIpc) is 3.25. The molecule has 0 bridgehead atoms. The minimum Gasteiger partial charge on any atom is -0.409 e. The summed E-state index contributed by atoms with van der Waals surface area (Å²) in [5.74, 6) is 0.295. The van der Waals surface area contributed by atoms with Crippen molar-refractivity contribution in [1.29, 1.82) is 0 Å². The van der Waals surface area contributed by atoms with Gasteiger partial charge in [-0.15, -0.1) is 0 Å². The summed E-state index contributed by atoms with van der Waals surface area (Å²) in [4.78, 5) is 2.39. The van der Waals surface area contributed by atoms with Crippen LogP contribution < -0.4 is 5.73 Å².